The van der Waals surface area contributed by atoms with Gasteiger partial charge in [0.1, 0.15) is 11.6 Å². The lowest BCUT2D eigenvalue weighted by atomic mass is 9.95. The van der Waals surface area contributed by atoms with Gasteiger partial charge in [-0.15, -0.1) is 0 Å². The lowest BCUT2D eigenvalue weighted by molar-refractivity contribution is 0.139. The Morgan fingerprint density at radius 2 is 2.00 bits per heavy atom. The monoisotopic (exact) mass is 254 g/mol. The van der Waals surface area contributed by atoms with Crippen LogP contribution in [0.3, 0.4) is 0 Å². The number of likely N-dealkylation sites (tertiary alicyclic amines) is 1. The highest BCUT2D eigenvalue weighted by molar-refractivity contribution is 5.22. The summed E-state index contributed by atoms with van der Waals surface area (Å²) < 4.78 is 26.7. The topological polar surface area (TPSA) is 29.3 Å². The van der Waals surface area contributed by atoms with Crippen LogP contribution in [0.2, 0.25) is 0 Å². The van der Waals surface area contributed by atoms with Gasteiger partial charge < -0.3 is 5.73 Å². The molecule has 0 saturated carbocycles. The van der Waals surface area contributed by atoms with Gasteiger partial charge >= 0.3 is 0 Å². The summed E-state index contributed by atoms with van der Waals surface area (Å²) in [7, 11) is 0. The highest BCUT2D eigenvalue weighted by Crippen LogP contribution is 2.27. The molecule has 0 aliphatic carbocycles. The van der Waals surface area contributed by atoms with Crippen LogP contribution < -0.4 is 5.73 Å². The van der Waals surface area contributed by atoms with Gasteiger partial charge in [0.15, 0.2) is 0 Å². The van der Waals surface area contributed by atoms with Crippen LogP contribution in [0.25, 0.3) is 0 Å². The fourth-order valence-corrected chi connectivity index (χ4v) is 2.58. The summed E-state index contributed by atoms with van der Waals surface area (Å²) in [6.07, 6.45) is 2.22. The standard InChI is InChI=1S/C14H20F2N2/c1-10-4-6-18(7-5-10)14(9-17)12-3-2-11(15)8-13(12)16/h2-3,8,10,14H,4-7,9,17H2,1H3. The van der Waals surface area contributed by atoms with E-state index in [0.29, 0.717) is 12.1 Å². The van der Waals surface area contributed by atoms with Crippen LogP contribution in [0.5, 0.6) is 0 Å². The van der Waals surface area contributed by atoms with E-state index in [2.05, 4.69) is 11.8 Å². The number of hydrogen-bond donors (Lipinski definition) is 1. The molecule has 1 aliphatic rings. The van der Waals surface area contributed by atoms with E-state index in [0.717, 1.165) is 37.9 Å². The molecule has 0 spiro atoms. The summed E-state index contributed by atoms with van der Waals surface area (Å²) in [4.78, 5) is 2.20. The molecule has 1 saturated heterocycles. The number of rotatable bonds is 3. The van der Waals surface area contributed by atoms with Crippen molar-refractivity contribution in [3.05, 3.63) is 35.4 Å². The number of nitrogens with zero attached hydrogens (tertiary/aromatic N) is 1. The second kappa shape index (κ2) is 5.76. The Hall–Kier alpha value is -1.00. The van der Waals surface area contributed by atoms with Gasteiger partial charge in [-0.05, 0) is 37.9 Å². The molecule has 18 heavy (non-hydrogen) atoms. The molecule has 1 heterocycles. The summed E-state index contributed by atoms with van der Waals surface area (Å²) in [6.45, 7) is 4.45. The van der Waals surface area contributed by atoms with Gasteiger partial charge in [-0.25, -0.2) is 8.78 Å². The first-order chi connectivity index (χ1) is 8.61. The molecule has 4 heteroatoms. The SMILES string of the molecule is CC1CCN(C(CN)c2ccc(F)cc2F)CC1. The van der Waals surface area contributed by atoms with Crippen molar-refractivity contribution in [3.8, 4) is 0 Å². The number of halogens is 2. The number of benzene rings is 1. The predicted molar refractivity (Wildman–Crippen MR) is 68.1 cm³/mol. The fraction of sp³-hybridized carbons (Fsp3) is 0.571. The summed E-state index contributed by atoms with van der Waals surface area (Å²) in [5, 5.41) is 0. The second-order valence-corrected chi connectivity index (χ2v) is 5.14. The smallest absolute Gasteiger partial charge is 0.130 e. The van der Waals surface area contributed by atoms with Gasteiger partial charge in [0.05, 0.1) is 0 Å². The Balaban J connectivity index is 2.17. The molecule has 1 aromatic rings. The summed E-state index contributed by atoms with van der Waals surface area (Å²) in [6, 6.07) is 3.61. The average Bonchev–Trinajstić information content (AvgIpc) is 2.35. The van der Waals surface area contributed by atoms with Gasteiger partial charge in [-0.1, -0.05) is 13.0 Å². The quantitative estimate of drug-likeness (QED) is 0.898. The van der Waals surface area contributed by atoms with Crippen molar-refractivity contribution < 1.29 is 8.78 Å². The van der Waals surface area contributed by atoms with E-state index in [9.17, 15) is 8.78 Å². The van der Waals surface area contributed by atoms with Gasteiger partial charge in [-0.2, -0.15) is 0 Å². The van der Waals surface area contributed by atoms with Crippen LogP contribution in [-0.4, -0.2) is 24.5 Å². The minimum atomic E-state index is -0.542. The fourth-order valence-electron chi connectivity index (χ4n) is 2.58. The molecule has 1 fully saturated rings. The number of hydrogen-bond acceptors (Lipinski definition) is 2. The first kappa shape index (κ1) is 13.4. The summed E-state index contributed by atoms with van der Waals surface area (Å²) in [5.74, 6) is -0.318. The largest absolute Gasteiger partial charge is 0.329 e. The molecule has 0 bridgehead atoms. The Morgan fingerprint density at radius 1 is 1.33 bits per heavy atom. The zero-order valence-electron chi connectivity index (χ0n) is 10.7. The van der Waals surface area contributed by atoms with Crippen molar-refractivity contribution in [2.45, 2.75) is 25.8 Å². The third-order valence-electron chi connectivity index (χ3n) is 3.80. The predicted octanol–water partition coefficient (Wildman–Crippen LogP) is 2.70. The molecule has 1 unspecified atom stereocenters. The first-order valence-corrected chi connectivity index (χ1v) is 6.51. The number of nitrogens with two attached hydrogens (primary N) is 1. The molecule has 0 amide bonds. The van der Waals surface area contributed by atoms with E-state index < -0.39 is 11.6 Å². The van der Waals surface area contributed by atoms with Crippen molar-refractivity contribution in [1.29, 1.82) is 0 Å². The highest BCUT2D eigenvalue weighted by atomic mass is 19.1. The van der Waals surface area contributed by atoms with Gasteiger partial charge in [0.25, 0.3) is 0 Å². The average molecular weight is 254 g/mol. The van der Waals surface area contributed by atoms with Crippen molar-refractivity contribution in [2.75, 3.05) is 19.6 Å². The van der Waals surface area contributed by atoms with Gasteiger partial charge in [0.2, 0.25) is 0 Å². The van der Waals surface area contributed by atoms with Crippen LogP contribution >= 0.6 is 0 Å². The van der Waals surface area contributed by atoms with Crippen LogP contribution in [0, 0.1) is 17.6 Å². The van der Waals surface area contributed by atoms with E-state index in [1.807, 2.05) is 0 Å². The maximum atomic E-state index is 13.8. The minimum absolute atomic E-state index is 0.141. The molecule has 2 rings (SSSR count). The Labute approximate surface area is 107 Å². The highest BCUT2D eigenvalue weighted by Gasteiger charge is 2.25. The van der Waals surface area contributed by atoms with E-state index in [-0.39, 0.29) is 6.04 Å². The van der Waals surface area contributed by atoms with Crippen LogP contribution in [0.4, 0.5) is 8.78 Å². The van der Waals surface area contributed by atoms with Crippen molar-refractivity contribution >= 4 is 0 Å². The third kappa shape index (κ3) is 2.87. The molecule has 1 aromatic carbocycles. The molecule has 0 aromatic heterocycles. The zero-order valence-corrected chi connectivity index (χ0v) is 10.7. The molecule has 2 N–H and O–H groups in total. The van der Waals surface area contributed by atoms with Crippen molar-refractivity contribution in [3.63, 3.8) is 0 Å². The maximum Gasteiger partial charge on any atom is 0.130 e. The van der Waals surface area contributed by atoms with Crippen LogP contribution in [-0.2, 0) is 0 Å². The first-order valence-electron chi connectivity index (χ1n) is 6.51. The van der Waals surface area contributed by atoms with Crippen molar-refractivity contribution in [1.82, 2.24) is 4.90 Å². The van der Waals surface area contributed by atoms with Crippen LogP contribution in [0.15, 0.2) is 18.2 Å². The van der Waals surface area contributed by atoms with E-state index in [1.165, 1.54) is 12.1 Å². The van der Waals surface area contributed by atoms with E-state index in [1.54, 1.807) is 0 Å². The molecular weight excluding hydrogens is 234 g/mol. The Morgan fingerprint density at radius 3 is 2.56 bits per heavy atom. The molecule has 1 atom stereocenters. The lowest BCUT2D eigenvalue weighted by Gasteiger charge is -2.36. The van der Waals surface area contributed by atoms with Crippen LogP contribution in [0.1, 0.15) is 31.4 Å². The molecule has 2 nitrogen and oxygen atoms in total. The summed E-state index contributed by atoms with van der Waals surface area (Å²) >= 11 is 0. The molecule has 100 valence electrons. The summed E-state index contributed by atoms with van der Waals surface area (Å²) in [5.41, 5.74) is 6.28. The molecule has 1 aliphatic heterocycles. The Bertz CT molecular complexity index is 401. The maximum absolute atomic E-state index is 13.8. The van der Waals surface area contributed by atoms with Gasteiger partial charge in [-0.3, -0.25) is 4.90 Å². The van der Waals surface area contributed by atoms with Crippen molar-refractivity contribution in [2.24, 2.45) is 11.7 Å². The second-order valence-electron chi connectivity index (χ2n) is 5.14. The lowest BCUT2D eigenvalue weighted by Crippen LogP contribution is -2.39. The van der Waals surface area contributed by atoms with Gasteiger partial charge in [0, 0.05) is 24.2 Å². The minimum Gasteiger partial charge on any atom is -0.329 e. The number of piperidine rings is 1. The normalized spacial score (nSPS) is 20.0. The van der Waals surface area contributed by atoms with E-state index in [4.69, 9.17) is 5.73 Å². The Kier molecular flexibility index (Phi) is 4.30. The molecular formula is C14H20F2N2. The molecule has 0 radical (unpaired) electrons. The third-order valence-corrected chi connectivity index (χ3v) is 3.80. The van der Waals surface area contributed by atoms with E-state index >= 15 is 0 Å². The zero-order chi connectivity index (χ0) is 13.1.